The first kappa shape index (κ1) is 12.8. The number of hydrogen-bond donors (Lipinski definition) is 0. The van der Waals surface area contributed by atoms with Crippen LogP contribution in [0.5, 0.6) is 0 Å². The van der Waals surface area contributed by atoms with Gasteiger partial charge in [-0.25, -0.2) is 8.42 Å². The maximum atomic E-state index is 10.3. The average Bonchev–Trinajstić information content (AvgIpc) is 1.85. The number of hydrogen-bond acceptors (Lipinski definition) is 5. The van der Waals surface area contributed by atoms with Crippen molar-refractivity contribution in [1.82, 2.24) is 4.90 Å². The van der Waals surface area contributed by atoms with Crippen LogP contribution >= 0.6 is 0 Å². The van der Waals surface area contributed by atoms with E-state index in [1.165, 1.54) is 0 Å². The van der Waals surface area contributed by atoms with E-state index in [4.69, 9.17) is 4.74 Å². The van der Waals surface area contributed by atoms with Gasteiger partial charge in [0, 0.05) is 13.1 Å². The Kier molecular flexibility index (Phi) is 5.92. The van der Waals surface area contributed by atoms with Gasteiger partial charge in [0.05, 0.1) is 19.1 Å². The molecule has 5 nitrogen and oxygen atoms in total. The Balaban J connectivity index is 0.00000121. The molecule has 1 aliphatic heterocycles. The van der Waals surface area contributed by atoms with E-state index in [0.29, 0.717) is 26.3 Å². The summed E-state index contributed by atoms with van der Waals surface area (Å²) in [6.07, 6.45) is 0. The Bertz CT molecular complexity index is 211. The van der Waals surface area contributed by atoms with Crippen LogP contribution in [0.25, 0.3) is 0 Å². The van der Waals surface area contributed by atoms with E-state index in [2.05, 4.69) is 0 Å². The molecule has 0 amide bonds. The molecule has 12 heavy (non-hydrogen) atoms. The fourth-order valence-electron chi connectivity index (χ4n) is 0.954. The SMILES string of the molecule is O=S(=O)([O-])CN1CCOCC1.[Na+]. The first-order valence-corrected chi connectivity index (χ1v) is 4.89. The largest absolute Gasteiger partial charge is 1.00 e. The third kappa shape index (κ3) is 5.47. The Morgan fingerprint density at radius 2 is 1.83 bits per heavy atom. The van der Waals surface area contributed by atoms with E-state index < -0.39 is 16.0 Å². The van der Waals surface area contributed by atoms with Crippen molar-refractivity contribution in [3.05, 3.63) is 0 Å². The topological polar surface area (TPSA) is 69.7 Å². The van der Waals surface area contributed by atoms with Gasteiger partial charge in [-0.1, -0.05) is 0 Å². The summed E-state index contributed by atoms with van der Waals surface area (Å²) in [6, 6.07) is 0. The van der Waals surface area contributed by atoms with Gasteiger partial charge in [0.2, 0.25) is 0 Å². The molecule has 1 heterocycles. The monoisotopic (exact) mass is 203 g/mol. The van der Waals surface area contributed by atoms with Crippen LogP contribution in [-0.2, 0) is 14.9 Å². The standard InChI is InChI=1S/C5H11NO4S.Na/c7-11(8,9)5-6-1-3-10-4-2-6;/h1-5H2,(H,7,8,9);/q;+1/p-1. The zero-order chi connectivity index (χ0) is 8.32. The van der Waals surface area contributed by atoms with E-state index in [1.54, 1.807) is 4.90 Å². The van der Waals surface area contributed by atoms with Crippen LogP contribution in [0, 0.1) is 0 Å². The van der Waals surface area contributed by atoms with Crippen molar-refractivity contribution in [2.24, 2.45) is 0 Å². The Hall–Kier alpha value is 0.830. The molecule has 1 saturated heterocycles. The van der Waals surface area contributed by atoms with Crippen molar-refractivity contribution in [3.8, 4) is 0 Å². The van der Waals surface area contributed by atoms with E-state index in [0.717, 1.165) is 0 Å². The quantitative estimate of drug-likeness (QED) is 0.336. The summed E-state index contributed by atoms with van der Waals surface area (Å²) >= 11 is 0. The molecule has 0 N–H and O–H groups in total. The van der Waals surface area contributed by atoms with Crippen LogP contribution in [0.15, 0.2) is 0 Å². The van der Waals surface area contributed by atoms with Crippen molar-refractivity contribution in [3.63, 3.8) is 0 Å². The number of morpholine rings is 1. The van der Waals surface area contributed by atoms with Crippen LogP contribution < -0.4 is 29.6 Å². The molecule has 0 bridgehead atoms. The molecule has 1 aliphatic rings. The Morgan fingerprint density at radius 3 is 2.25 bits per heavy atom. The van der Waals surface area contributed by atoms with E-state index >= 15 is 0 Å². The van der Waals surface area contributed by atoms with Gasteiger partial charge >= 0.3 is 29.6 Å². The molecular weight excluding hydrogens is 193 g/mol. The number of rotatable bonds is 2. The smallest absolute Gasteiger partial charge is 0.747 e. The summed E-state index contributed by atoms with van der Waals surface area (Å²) in [5.41, 5.74) is 0. The van der Waals surface area contributed by atoms with Crippen molar-refractivity contribution in [2.45, 2.75) is 0 Å². The van der Waals surface area contributed by atoms with Crippen LogP contribution in [0.2, 0.25) is 0 Å². The molecule has 0 aromatic heterocycles. The third-order valence-corrected chi connectivity index (χ3v) is 2.13. The molecule has 66 valence electrons. The summed E-state index contributed by atoms with van der Waals surface area (Å²) in [5.74, 6) is -0.393. The first-order valence-electron chi connectivity index (χ1n) is 3.31. The van der Waals surface area contributed by atoms with Crippen molar-refractivity contribution >= 4 is 10.1 Å². The van der Waals surface area contributed by atoms with Gasteiger partial charge in [0.15, 0.2) is 0 Å². The van der Waals surface area contributed by atoms with Crippen LogP contribution in [0.3, 0.4) is 0 Å². The Labute approximate surface area is 94.1 Å². The van der Waals surface area contributed by atoms with Crippen molar-refractivity contribution < 1.29 is 47.3 Å². The van der Waals surface area contributed by atoms with E-state index in [9.17, 15) is 13.0 Å². The summed E-state index contributed by atoms with van der Waals surface area (Å²) < 4.78 is 35.8. The Morgan fingerprint density at radius 1 is 1.33 bits per heavy atom. The number of ether oxygens (including phenoxy) is 1. The molecule has 0 radical (unpaired) electrons. The summed E-state index contributed by atoms with van der Waals surface area (Å²) in [4.78, 5) is 1.58. The number of nitrogens with zero attached hydrogens (tertiary/aromatic N) is 1. The summed E-state index contributed by atoms with van der Waals surface area (Å²) in [5, 5.41) is 0. The van der Waals surface area contributed by atoms with Crippen molar-refractivity contribution in [2.75, 3.05) is 32.2 Å². The summed E-state index contributed by atoms with van der Waals surface area (Å²) in [6.45, 7) is 2.08. The third-order valence-electron chi connectivity index (χ3n) is 1.44. The molecule has 0 saturated carbocycles. The van der Waals surface area contributed by atoms with Gasteiger partial charge < -0.3 is 9.29 Å². The second-order valence-corrected chi connectivity index (χ2v) is 3.79. The average molecular weight is 203 g/mol. The van der Waals surface area contributed by atoms with Crippen LogP contribution in [0.1, 0.15) is 0 Å². The van der Waals surface area contributed by atoms with Crippen molar-refractivity contribution in [1.29, 1.82) is 0 Å². The molecule has 0 aromatic rings. The molecule has 0 aliphatic carbocycles. The minimum absolute atomic E-state index is 0. The molecule has 1 fully saturated rings. The molecule has 0 aromatic carbocycles. The van der Waals surface area contributed by atoms with Gasteiger partial charge in [-0.2, -0.15) is 0 Å². The van der Waals surface area contributed by atoms with E-state index in [1.807, 2.05) is 0 Å². The van der Waals surface area contributed by atoms with Crippen LogP contribution in [0.4, 0.5) is 0 Å². The fourth-order valence-corrected chi connectivity index (χ4v) is 1.66. The minimum atomic E-state index is -4.10. The second kappa shape index (κ2) is 5.54. The van der Waals surface area contributed by atoms with Crippen LogP contribution in [-0.4, -0.2) is 50.1 Å². The zero-order valence-corrected chi connectivity index (χ0v) is 9.84. The molecule has 0 unspecified atom stereocenters. The fraction of sp³-hybridized carbons (Fsp3) is 1.00. The van der Waals surface area contributed by atoms with Gasteiger partial charge in [-0.05, 0) is 0 Å². The minimum Gasteiger partial charge on any atom is -0.747 e. The zero-order valence-electron chi connectivity index (χ0n) is 7.02. The predicted octanol–water partition coefficient (Wildman–Crippen LogP) is -4.17. The normalized spacial score (nSPS) is 20.1. The molecule has 1 rings (SSSR count). The predicted molar refractivity (Wildman–Crippen MR) is 37.0 cm³/mol. The second-order valence-electron chi connectivity index (χ2n) is 2.42. The van der Waals surface area contributed by atoms with Gasteiger partial charge in [0.25, 0.3) is 0 Å². The molecule has 0 atom stereocenters. The van der Waals surface area contributed by atoms with Gasteiger partial charge in [-0.15, -0.1) is 0 Å². The maximum Gasteiger partial charge on any atom is 1.00 e. The van der Waals surface area contributed by atoms with E-state index in [-0.39, 0.29) is 29.6 Å². The van der Waals surface area contributed by atoms with Gasteiger partial charge in [0.1, 0.15) is 10.1 Å². The maximum absolute atomic E-state index is 10.3. The molecule has 0 spiro atoms. The molecule has 7 heteroatoms. The van der Waals surface area contributed by atoms with Gasteiger partial charge in [-0.3, -0.25) is 4.90 Å². The summed E-state index contributed by atoms with van der Waals surface area (Å²) in [7, 11) is -4.10. The molecular formula is C5H10NNaO4S. The first-order chi connectivity index (χ1) is 5.08.